The maximum Gasteiger partial charge on any atom is 0.441 e. The average Bonchev–Trinajstić information content (AvgIpc) is 3.14. The summed E-state index contributed by atoms with van der Waals surface area (Å²) < 4.78 is 10.0. The molecule has 46 heavy (non-hydrogen) atoms. The zero-order valence-corrected chi connectivity index (χ0v) is 30.1. The number of nitrogens with zero attached hydrogens (tertiary/aromatic N) is 1. The van der Waals surface area contributed by atoms with Crippen LogP contribution in [-0.2, 0) is 4.65 Å². The van der Waals surface area contributed by atoms with Crippen LogP contribution in [-0.4, -0.2) is 14.0 Å². The second-order valence-electron chi connectivity index (χ2n) is 14.8. The lowest BCUT2D eigenvalue weighted by Crippen LogP contribution is -2.65. The Kier molecular flexibility index (Phi) is 10.4. The van der Waals surface area contributed by atoms with Crippen LogP contribution in [0.3, 0.4) is 0 Å². The molecule has 4 aromatic rings. The summed E-state index contributed by atoms with van der Waals surface area (Å²) in [5, 5.41) is 4.06. The molecule has 0 amide bonds. The van der Waals surface area contributed by atoms with Crippen molar-refractivity contribution >= 4 is 36.3 Å². The molecule has 1 atom stereocenters. The number of anilines is 2. The quantitative estimate of drug-likeness (QED) is 0.191. The minimum Gasteiger partial charge on any atom is -0.409 e. The van der Waals surface area contributed by atoms with E-state index in [0.717, 1.165) is 11.4 Å². The van der Waals surface area contributed by atoms with Gasteiger partial charge in [0.15, 0.2) is 0 Å². The Morgan fingerprint density at radius 3 is 1.52 bits per heavy atom. The summed E-state index contributed by atoms with van der Waals surface area (Å²) in [5.74, 6) is 1.89. The van der Waals surface area contributed by atoms with Crippen LogP contribution in [0.15, 0.2) is 84.9 Å². The Morgan fingerprint density at radius 2 is 1.04 bits per heavy atom. The van der Waals surface area contributed by atoms with E-state index in [4.69, 9.17) is 4.65 Å². The number of hydrogen-bond acceptors (Lipinski definition) is 3. The molecule has 5 rings (SSSR count). The molecule has 3 nitrogen and oxygen atoms in total. The molecule has 0 saturated carbocycles. The topological polar surface area (TPSA) is 24.5 Å². The van der Waals surface area contributed by atoms with Gasteiger partial charge in [0, 0.05) is 11.4 Å². The molecular formula is C41H54B2N2O. The van der Waals surface area contributed by atoms with E-state index in [9.17, 15) is 0 Å². The van der Waals surface area contributed by atoms with Crippen molar-refractivity contribution in [2.24, 2.45) is 0 Å². The molecule has 4 aromatic carbocycles. The lowest BCUT2D eigenvalue weighted by molar-refractivity contribution is 0.234. The highest BCUT2D eigenvalue weighted by molar-refractivity contribution is 6.95. The molecule has 0 aliphatic carbocycles. The van der Waals surface area contributed by atoms with E-state index in [1.165, 1.54) is 44.3 Å². The monoisotopic (exact) mass is 612 g/mol. The van der Waals surface area contributed by atoms with Crippen molar-refractivity contribution in [3.8, 4) is 0 Å². The first kappa shape index (κ1) is 33.9. The van der Waals surface area contributed by atoms with Gasteiger partial charge in [0.25, 0.3) is 0 Å². The van der Waals surface area contributed by atoms with Gasteiger partial charge < -0.3 is 14.6 Å². The van der Waals surface area contributed by atoms with Gasteiger partial charge in [-0.3, -0.25) is 0 Å². The van der Waals surface area contributed by atoms with Crippen molar-refractivity contribution < 1.29 is 4.65 Å². The molecule has 0 bridgehead atoms. The van der Waals surface area contributed by atoms with E-state index in [1.807, 2.05) is 0 Å². The van der Waals surface area contributed by atoms with Gasteiger partial charge in [-0.05, 0) is 105 Å². The van der Waals surface area contributed by atoms with Gasteiger partial charge in [-0.1, -0.05) is 130 Å². The van der Waals surface area contributed by atoms with Gasteiger partial charge in [-0.25, -0.2) is 0 Å². The fraction of sp³-hybridized carbons (Fsp3) is 0.415. The lowest BCUT2D eigenvalue weighted by atomic mass is 9.51. The zero-order chi connectivity index (χ0) is 33.3. The van der Waals surface area contributed by atoms with E-state index >= 15 is 0 Å². The second-order valence-corrected chi connectivity index (χ2v) is 14.8. The molecule has 1 aliphatic rings. The molecule has 1 unspecified atom stereocenters. The number of benzene rings is 4. The third-order valence-corrected chi connectivity index (χ3v) is 9.69. The number of para-hydroxylation sites is 2. The van der Waals surface area contributed by atoms with Gasteiger partial charge in [0.2, 0.25) is 0 Å². The fourth-order valence-electron chi connectivity index (χ4n) is 7.02. The molecule has 0 fully saturated rings. The molecular weight excluding hydrogens is 558 g/mol. The van der Waals surface area contributed by atoms with Crippen molar-refractivity contribution in [1.29, 1.82) is 0 Å². The van der Waals surface area contributed by atoms with Crippen molar-refractivity contribution in [2.45, 2.75) is 112 Å². The van der Waals surface area contributed by atoms with Crippen molar-refractivity contribution in [3.63, 3.8) is 0 Å². The van der Waals surface area contributed by atoms with E-state index in [2.05, 4.69) is 171 Å². The third-order valence-electron chi connectivity index (χ3n) is 9.69. The van der Waals surface area contributed by atoms with Gasteiger partial charge in [0.05, 0.1) is 6.10 Å². The third kappa shape index (κ3) is 6.81. The highest BCUT2D eigenvalue weighted by atomic mass is 16.5. The second kappa shape index (κ2) is 14.1. The summed E-state index contributed by atoms with van der Waals surface area (Å²) in [4.78, 5) is 0. The SMILES string of the molecule is CC(C)c1cc(C(C)C)c(B2OC(C)c3cc(C(C)C)cc(C(C)C)c3B(Nc3ccccc3)N2c2ccccc2)c(C(C)C)c1. The Labute approximate surface area is 280 Å². The molecule has 0 saturated heterocycles. The standard InChI is InChI=1S/C41H54B2N2O/c1-26(2)32-23-37(29(7)8)41(38(24-32)30(9)10)43-45(35-20-16-13-17-21-35)42(44-34-18-14-12-15-19-34)40-36(28(5)6)22-33(27(3)4)25-39(40)31(11)46-43/h12-31,44H,1-11H3. The lowest BCUT2D eigenvalue weighted by Gasteiger charge is -2.38. The van der Waals surface area contributed by atoms with Crippen LogP contribution < -0.4 is 20.9 Å². The summed E-state index contributed by atoms with van der Waals surface area (Å²) in [5.41, 5.74) is 13.1. The first-order valence-electron chi connectivity index (χ1n) is 17.5. The van der Waals surface area contributed by atoms with E-state index in [1.54, 1.807) is 0 Å². The highest BCUT2D eigenvalue weighted by Crippen LogP contribution is 2.35. The Morgan fingerprint density at radius 1 is 0.587 bits per heavy atom. The summed E-state index contributed by atoms with van der Waals surface area (Å²) >= 11 is 0. The van der Waals surface area contributed by atoms with Gasteiger partial charge in [0.1, 0.15) is 0 Å². The van der Waals surface area contributed by atoms with Gasteiger partial charge in [-0.15, -0.1) is 0 Å². The average molecular weight is 613 g/mol. The molecule has 5 heteroatoms. The van der Waals surface area contributed by atoms with Crippen molar-refractivity contribution in [1.82, 2.24) is 0 Å². The number of nitrogens with one attached hydrogen (secondary N) is 1. The van der Waals surface area contributed by atoms with Crippen LogP contribution in [0.2, 0.25) is 0 Å². The normalized spacial score (nSPS) is 15.4. The van der Waals surface area contributed by atoms with Crippen molar-refractivity contribution in [2.75, 3.05) is 9.95 Å². The van der Waals surface area contributed by atoms with Crippen LogP contribution in [0, 0.1) is 0 Å². The van der Waals surface area contributed by atoms with Crippen LogP contribution in [0.1, 0.15) is 145 Å². The van der Waals surface area contributed by atoms with Crippen LogP contribution >= 0.6 is 0 Å². The molecule has 0 aromatic heterocycles. The number of fused-ring (bicyclic) bond motifs is 1. The summed E-state index contributed by atoms with van der Waals surface area (Å²) in [6.07, 6.45) is -0.116. The molecule has 0 spiro atoms. The van der Waals surface area contributed by atoms with Gasteiger partial charge >= 0.3 is 14.0 Å². The summed E-state index contributed by atoms with van der Waals surface area (Å²) in [6.45, 7) is 25.3. The molecule has 1 heterocycles. The Bertz CT molecular complexity index is 1590. The van der Waals surface area contributed by atoms with Crippen molar-refractivity contribution in [3.05, 3.63) is 118 Å². The smallest absolute Gasteiger partial charge is 0.409 e. The number of rotatable bonds is 9. The predicted molar refractivity (Wildman–Crippen MR) is 203 cm³/mol. The molecule has 0 radical (unpaired) electrons. The Hall–Kier alpha value is -3.43. The van der Waals surface area contributed by atoms with E-state index < -0.39 is 0 Å². The summed E-state index contributed by atoms with van der Waals surface area (Å²) in [7, 11) is -0.315. The molecule has 1 N–H and O–H groups in total. The zero-order valence-electron chi connectivity index (χ0n) is 30.1. The van der Waals surface area contributed by atoms with Gasteiger partial charge in [-0.2, -0.15) is 0 Å². The van der Waals surface area contributed by atoms with Crippen LogP contribution in [0.5, 0.6) is 0 Å². The van der Waals surface area contributed by atoms with Crippen LogP contribution in [0.25, 0.3) is 0 Å². The maximum absolute atomic E-state index is 7.50. The molecule has 1 aliphatic heterocycles. The first-order chi connectivity index (χ1) is 21.9. The fourth-order valence-corrected chi connectivity index (χ4v) is 7.02. The van der Waals surface area contributed by atoms with E-state index in [-0.39, 0.29) is 20.1 Å². The minimum absolute atomic E-state index is 0.116. The number of hydrogen-bond donors (Lipinski definition) is 1. The first-order valence-corrected chi connectivity index (χ1v) is 17.5. The Balaban J connectivity index is 1.90. The highest BCUT2D eigenvalue weighted by Gasteiger charge is 2.47. The predicted octanol–water partition coefficient (Wildman–Crippen LogP) is 10.1. The maximum atomic E-state index is 7.50. The summed E-state index contributed by atoms with van der Waals surface area (Å²) in [6, 6.07) is 31.4. The van der Waals surface area contributed by atoms with E-state index in [0.29, 0.717) is 29.6 Å². The minimum atomic E-state index is -0.315. The molecule has 240 valence electrons. The van der Waals surface area contributed by atoms with Crippen LogP contribution in [0.4, 0.5) is 11.4 Å². The largest absolute Gasteiger partial charge is 0.441 e.